The highest BCUT2D eigenvalue weighted by Gasteiger charge is 2.55. The molecule has 1 heteroatoms. The number of hydrogen-bond donors (Lipinski definition) is 1. The van der Waals surface area contributed by atoms with Gasteiger partial charge < -0.3 is 5.11 Å². The smallest absolute Gasteiger partial charge is 0.0487 e. The highest BCUT2D eigenvalue weighted by atomic mass is 16.3. The van der Waals surface area contributed by atoms with E-state index in [9.17, 15) is 5.11 Å². The van der Waals surface area contributed by atoms with E-state index in [4.69, 9.17) is 0 Å². The lowest BCUT2D eigenvalue weighted by Crippen LogP contribution is -2.52. The van der Waals surface area contributed by atoms with Crippen LogP contribution in [-0.2, 0) is 0 Å². The monoisotopic (exact) mass is 290 g/mol. The first-order valence-corrected chi connectivity index (χ1v) is 9.17. The fraction of sp³-hybridized carbons (Fsp3) is 0.900. The summed E-state index contributed by atoms with van der Waals surface area (Å²) in [5.74, 6) is 1.48. The third-order valence-corrected chi connectivity index (χ3v) is 7.84. The Balaban J connectivity index is 1.93. The summed E-state index contributed by atoms with van der Waals surface area (Å²) >= 11 is 0. The van der Waals surface area contributed by atoms with Crippen molar-refractivity contribution in [1.29, 1.82) is 0 Å². The van der Waals surface area contributed by atoms with Gasteiger partial charge in [0.25, 0.3) is 0 Å². The number of fused-ring (bicyclic) bond motifs is 3. The number of aliphatic hydroxyl groups excluding tert-OH is 1. The van der Waals surface area contributed by atoms with Gasteiger partial charge in [-0.2, -0.15) is 0 Å². The molecule has 5 atom stereocenters. The summed E-state index contributed by atoms with van der Waals surface area (Å²) in [7, 11) is 0. The van der Waals surface area contributed by atoms with Gasteiger partial charge in [0.2, 0.25) is 0 Å². The summed E-state index contributed by atoms with van der Waals surface area (Å²) in [4.78, 5) is 0. The summed E-state index contributed by atoms with van der Waals surface area (Å²) < 4.78 is 0. The highest BCUT2D eigenvalue weighted by Crippen LogP contribution is 2.63. The Morgan fingerprint density at radius 1 is 1.19 bits per heavy atom. The molecule has 0 saturated heterocycles. The van der Waals surface area contributed by atoms with Crippen molar-refractivity contribution >= 4 is 0 Å². The number of rotatable bonds is 2. The van der Waals surface area contributed by atoms with E-state index in [2.05, 4.69) is 33.8 Å². The third kappa shape index (κ3) is 2.31. The summed E-state index contributed by atoms with van der Waals surface area (Å²) in [6.07, 6.45) is 13.1. The van der Waals surface area contributed by atoms with Crippen LogP contribution in [0.3, 0.4) is 0 Å². The molecule has 1 nitrogen and oxygen atoms in total. The SMILES string of the molecule is CC[C@@]1(C)CCC2C(=CCC3[C@](C)(CO)CCC[C@]23C)C1. The van der Waals surface area contributed by atoms with E-state index in [1.54, 1.807) is 5.57 Å². The molecule has 2 unspecified atom stereocenters. The Labute approximate surface area is 131 Å². The molecule has 0 heterocycles. The maximum Gasteiger partial charge on any atom is 0.0487 e. The van der Waals surface area contributed by atoms with Gasteiger partial charge in [0.15, 0.2) is 0 Å². The van der Waals surface area contributed by atoms with Gasteiger partial charge in [-0.1, -0.05) is 52.2 Å². The Kier molecular flexibility index (Phi) is 3.80. The molecule has 120 valence electrons. The van der Waals surface area contributed by atoms with Crippen molar-refractivity contribution < 1.29 is 5.11 Å². The summed E-state index contributed by atoms with van der Waals surface area (Å²) in [5, 5.41) is 10.0. The van der Waals surface area contributed by atoms with Gasteiger partial charge in [-0.05, 0) is 66.6 Å². The summed E-state index contributed by atoms with van der Waals surface area (Å²) in [6.45, 7) is 10.1. The van der Waals surface area contributed by atoms with Gasteiger partial charge in [0.1, 0.15) is 0 Å². The van der Waals surface area contributed by atoms with Crippen molar-refractivity contribution in [3.8, 4) is 0 Å². The second-order valence-electron chi connectivity index (χ2n) is 9.17. The maximum absolute atomic E-state index is 10.0. The zero-order valence-corrected chi connectivity index (χ0v) is 14.5. The zero-order chi connectivity index (χ0) is 15.3. The molecule has 0 aromatic rings. The molecular weight excluding hydrogens is 256 g/mol. The largest absolute Gasteiger partial charge is 0.396 e. The summed E-state index contributed by atoms with van der Waals surface area (Å²) in [6, 6.07) is 0. The van der Waals surface area contributed by atoms with E-state index in [-0.39, 0.29) is 5.41 Å². The van der Waals surface area contributed by atoms with E-state index in [1.165, 1.54) is 51.4 Å². The molecule has 0 bridgehead atoms. The van der Waals surface area contributed by atoms with Crippen LogP contribution in [0, 0.1) is 28.1 Å². The van der Waals surface area contributed by atoms with Crippen LogP contribution in [0.4, 0.5) is 0 Å². The van der Waals surface area contributed by atoms with Gasteiger partial charge >= 0.3 is 0 Å². The average molecular weight is 290 g/mol. The normalized spacial score (nSPS) is 50.0. The maximum atomic E-state index is 10.0. The minimum atomic E-state index is 0.153. The predicted molar refractivity (Wildman–Crippen MR) is 89.1 cm³/mol. The molecule has 0 aliphatic heterocycles. The molecule has 0 spiro atoms. The number of hydrogen-bond acceptors (Lipinski definition) is 1. The van der Waals surface area contributed by atoms with Crippen molar-refractivity contribution in [2.45, 2.75) is 79.1 Å². The first-order chi connectivity index (χ1) is 9.87. The lowest BCUT2D eigenvalue weighted by atomic mass is 9.45. The molecule has 0 radical (unpaired) electrons. The molecule has 0 aromatic carbocycles. The van der Waals surface area contributed by atoms with E-state index < -0.39 is 0 Å². The molecule has 2 saturated carbocycles. The second kappa shape index (κ2) is 5.11. The minimum Gasteiger partial charge on any atom is -0.396 e. The van der Waals surface area contributed by atoms with Crippen LogP contribution in [0.15, 0.2) is 11.6 Å². The van der Waals surface area contributed by atoms with Crippen molar-refractivity contribution in [3.63, 3.8) is 0 Å². The second-order valence-corrected chi connectivity index (χ2v) is 9.17. The lowest BCUT2D eigenvalue weighted by molar-refractivity contribution is -0.0821. The minimum absolute atomic E-state index is 0.153. The molecule has 3 aliphatic carbocycles. The molecule has 0 aromatic heterocycles. The van der Waals surface area contributed by atoms with E-state index in [1.807, 2.05) is 0 Å². The molecular formula is C20H34O. The molecule has 3 rings (SSSR count). The van der Waals surface area contributed by atoms with Gasteiger partial charge in [0.05, 0.1) is 0 Å². The molecule has 2 fully saturated rings. The Hall–Kier alpha value is -0.300. The standard InChI is InChI=1S/C20H34O/c1-5-18(2)12-9-16-15(13-18)7-8-17-19(3,14-21)10-6-11-20(16,17)4/h7,16-17,21H,5-6,8-14H2,1-4H3/t16?,17?,18-,19-,20+/m0/s1. The Morgan fingerprint density at radius 2 is 1.95 bits per heavy atom. The van der Waals surface area contributed by atoms with Crippen LogP contribution >= 0.6 is 0 Å². The molecule has 21 heavy (non-hydrogen) atoms. The first-order valence-electron chi connectivity index (χ1n) is 9.17. The Bertz CT molecular complexity index is 439. The fourth-order valence-corrected chi connectivity index (χ4v) is 6.10. The molecule has 0 amide bonds. The zero-order valence-electron chi connectivity index (χ0n) is 14.5. The number of aliphatic hydroxyl groups is 1. The van der Waals surface area contributed by atoms with E-state index in [0.29, 0.717) is 23.4 Å². The van der Waals surface area contributed by atoms with Crippen LogP contribution < -0.4 is 0 Å². The van der Waals surface area contributed by atoms with Crippen molar-refractivity contribution in [2.24, 2.45) is 28.1 Å². The van der Waals surface area contributed by atoms with Crippen LogP contribution in [0.2, 0.25) is 0 Å². The summed E-state index contributed by atoms with van der Waals surface area (Å²) in [5.41, 5.74) is 2.90. The van der Waals surface area contributed by atoms with Gasteiger partial charge in [-0.15, -0.1) is 0 Å². The average Bonchev–Trinajstić information content (AvgIpc) is 2.46. The van der Waals surface area contributed by atoms with Crippen molar-refractivity contribution in [1.82, 2.24) is 0 Å². The third-order valence-electron chi connectivity index (χ3n) is 7.84. The van der Waals surface area contributed by atoms with Crippen molar-refractivity contribution in [3.05, 3.63) is 11.6 Å². The van der Waals surface area contributed by atoms with Gasteiger partial charge in [0, 0.05) is 6.61 Å². The van der Waals surface area contributed by atoms with Crippen LogP contribution in [0.5, 0.6) is 0 Å². The van der Waals surface area contributed by atoms with E-state index in [0.717, 1.165) is 5.92 Å². The lowest BCUT2D eigenvalue weighted by Gasteiger charge is -2.59. The van der Waals surface area contributed by atoms with Gasteiger partial charge in [-0.3, -0.25) is 0 Å². The first kappa shape index (κ1) is 15.6. The fourth-order valence-electron chi connectivity index (χ4n) is 6.10. The van der Waals surface area contributed by atoms with Crippen LogP contribution in [0.1, 0.15) is 79.1 Å². The van der Waals surface area contributed by atoms with Gasteiger partial charge in [-0.25, -0.2) is 0 Å². The Morgan fingerprint density at radius 3 is 2.62 bits per heavy atom. The van der Waals surface area contributed by atoms with Crippen LogP contribution in [0.25, 0.3) is 0 Å². The quantitative estimate of drug-likeness (QED) is 0.681. The molecule has 1 N–H and O–H groups in total. The van der Waals surface area contributed by atoms with E-state index >= 15 is 0 Å². The van der Waals surface area contributed by atoms with Crippen LogP contribution in [-0.4, -0.2) is 11.7 Å². The molecule has 3 aliphatic rings. The highest BCUT2D eigenvalue weighted by molar-refractivity contribution is 5.23. The number of allylic oxidation sites excluding steroid dienone is 2. The topological polar surface area (TPSA) is 20.2 Å². The van der Waals surface area contributed by atoms with Crippen molar-refractivity contribution in [2.75, 3.05) is 6.61 Å². The predicted octanol–water partition coefficient (Wildman–Crippen LogP) is 5.34.